The number of H-pyrrole nitrogens is 1. The van der Waals surface area contributed by atoms with Crippen molar-refractivity contribution in [2.24, 2.45) is 0 Å². The summed E-state index contributed by atoms with van der Waals surface area (Å²) in [4.78, 5) is 20.3. The first-order valence-corrected chi connectivity index (χ1v) is 11.6. The minimum Gasteiger partial charge on any atom is -0.359 e. The van der Waals surface area contributed by atoms with Gasteiger partial charge in [-0.25, -0.2) is 4.98 Å². The van der Waals surface area contributed by atoms with Crippen molar-refractivity contribution >= 4 is 5.69 Å². The number of aromatic amines is 1. The molecule has 0 bridgehead atoms. The zero-order valence-electron chi connectivity index (χ0n) is 19.5. The number of nitro groups is 1. The van der Waals surface area contributed by atoms with E-state index in [0.717, 1.165) is 34.0 Å². The lowest BCUT2D eigenvalue weighted by molar-refractivity contribution is -0.384. The molecule has 3 aromatic heterocycles. The van der Waals surface area contributed by atoms with Crippen LogP contribution in [-0.4, -0.2) is 39.7 Å². The van der Waals surface area contributed by atoms with Gasteiger partial charge in [0.25, 0.3) is 5.69 Å². The van der Waals surface area contributed by atoms with Crippen LogP contribution in [-0.2, 0) is 6.54 Å². The Morgan fingerprint density at radius 1 is 0.865 bits per heavy atom. The standard InChI is InChI=1S/C27H20N8O2/c36-35(37)22-15-13-19(14-16-22)18-33-31-26(30-32-33)24-25(20-8-3-1-4-9-20)34(21-10-5-2-6-11-21)27(29-24)23-12-7-17-28-23/h1-17,28H,18H2. The van der Waals surface area contributed by atoms with Gasteiger partial charge in [-0.2, -0.15) is 4.80 Å². The van der Waals surface area contributed by atoms with Crippen LogP contribution in [0.2, 0.25) is 0 Å². The fourth-order valence-corrected chi connectivity index (χ4v) is 4.21. The molecule has 0 aliphatic heterocycles. The van der Waals surface area contributed by atoms with Crippen molar-refractivity contribution in [3.63, 3.8) is 0 Å². The summed E-state index contributed by atoms with van der Waals surface area (Å²) in [7, 11) is 0. The molecule has 0 amide bonds. The Balaban J connectivity index is 1.48. The monoisotopic (exact) mass is 488 g/mol. The van der Waals surface area contributed by atoms with Gasteiger partial charge in [-0.05, 0) is 35.0 Å². The third kappa shape index (κ3) is 4.27. The maximum atomic E-state index is 11.0. The molecular weight excluding hydrogens is 468 g/mol. The molecule has 0 aliphatic carbocycles. The third-order valence-electron chi connectivity index (χ3n) is 5.91. The van der Waals surface area contributed by atoms with Crippen LogP contribution in [0.3, 0.4) is 0 Å². The molecule has 0 aliphatic rings. The summed E-state index contributed by atoms with van der Waals surface area (Å²) in [6.45, 7) is 0.314. The lowest BCUT2D eigenvalue weighted by atomic mass is 10.1. The van der Waals surface area contributed by atoms with Crippen molar-refractivity contribution in [3.8, 4) is 40.0 Å². The summed E-state index contributed by atoms with van der Waals surface area (Å²) in [5.74, 6) is 1.10. The zero-order chi connectivity index (χ0) is 25.2. The maximum Gasteiger partial charge on any atom is 0.269 e. The highest BCUT2D eigenvalue weighted by molar-refractivity contribution is 5.81. The molecule has 0 radical (unpaired) electrons. The molecule has 10 nitrogen and oxygen atoms in total. The molecule has 0 saturated heterocycles. The topological polar surface area (TPSA) is 120 Å². The summed E-state index contributed by atoms with van der Waals surface area (Å²) in [6, 6.07) is 30.2. The third-order valence-corrected chi connectivity index (χ3v) is 5.91. The van der Waals surface area contributed by atoms with E-state index < -0.39 is 4.92 Å². The molecule has 10 heteroatoms. The molecule has 180 valence electrons. The second-order valence-corrected chi connectivity index (χ2v) is 8.32. The number of rotatable bonds is 7. The zero-order valence-corrected chi connectivity index (χ0v) is 19.5. The summed E-state index contributed by atoms with van der Waals surface area (Å²) in [5.41, 5.74) is 5.04. The molecule has 0 fully saturated rings. The highest BCUT2D eigenvalue weighted by atomic mass is 16.6. The van der Waals surface area contributed by atoms with Crippen LogP contribution < -0.4 is 0 Å². The molecule has 6 rings (SSSR count). The number of nitrogens with one attached hydrogen (secondary N) is 1. The van der Waals surface area contributed by atoms with E-state index >= 15 is 0 Å². The average molecular weight is 489 g/mol. The quantitative estimate of drug-likeness (QED) is 0.245. The van der Waals surface area contributed by atoms with Crippen LogP contribution in [0.15, 0.2) is 103 Å². The predicted octanol–water partition coefficient (Wildman–Crippen LogP) is 5.14. The van der Waals surface area contributed by atoms with E-state index in [0.29, 0.717) is 18.1 Å². The lowest BCUT2D eigenvalue weighted by Gasteiger charge is -2.12. The van der Waals surface area contributed by atoms with Gasteiger partial charge in [0.2, 0.25) is 5.82 Å². The highest BCUT2D eigenvalue weighted by Gasteiger charge is 2.25. The first-order valence-electron chi connectivity index (χ1n) is 11.6. The number of hydrogen-bond donors (Lipinski definition) is 1. The minimum absolute atomic E-state index is 0.0341. The molecule has 0 spiro atoms. The van der Waals surface area contributed by atoms with E-state index in [1.807, 2.05) is 79.0 Å². The number of nitro benzene ring substituents is 1. The minimum atomic E-state index is -0.425. The van der Waals surface area contributed by atoms with Crippen LogP contribution in [0.25, 0.3) is 40.0 Å². The molecule has 0 atom stereocenters. The maximum absolute atomic E-state index is 11.0. The van der Waals surface area contributed by atoms with Crippen molar-refractivity contribution in [1.29, 1.82) is 0 Å². The number of hydrogen-bond acceptors (Lipinski definition) is 6. The summed E-state index contributed by atoms with van der Waals surface area (Å²) in [5, 5.41) is 24.1. The Hall–Kier alpha value is -5.38. The van der Waals surface area contributed by atoms with Gasteiger partial charge < -0.3 is 4.98 Å². The van der Waals surface area contributed by atoms with Crippen molar-refractivity contribution in [3.05, 3.63) is 119 Å². The molecule has 3 aromatic carbocycles. The molecular formula is C27H20N8O2. The fraction of sp³-hybridized carbons (Fsp3) is 0.0370. The Morgan fingerprint density at radius 3 is 2.27 bits per heavy atom. The van der Waals surface area contributed by atoms with Gasteiger partial charge in [-0.15, -0.1) is 10.2 Å². The van der Waals surface area contributed by atoms with Gasteiger partial charge in [0, 0.05) is 29.6 Å². The lowest BCUT2D eigenvalue weighted by Crippen LogP contribution is -2.04. The second kappa shape index (κ2) is 9.34. The van der Waals surface area contributed by atoms with Gasteiger partial charge in [-0.1, -0.05) is 60.7 Å². The second-order valence-electron chi connectivity index (χ2n) is 8.32. The highest BCUT2D eigenvalue weighted by Crippen LogP contribution is 2.36. The summed E-state index contributed by atoms with van der Waals surface area (Å²) < 4.78 is 2.09. The van der Waals surface area contributed by atoms with E-state index in [-0.39, 0.29) is 5.69 Å². The van der Waals surface area contributed by atoms with Crippen LogP contribution in [0.1, 0.15) is 5.56 Å². The van der Waals surface area contributed by atoms with E-state index in [9.17, 15) is 10.1 Å². The summed E-state index contributed by atoms with van der Waals surface area (Å²) in [6.07, 6.45) is 1.86. The van der Waals surface area contributed by atoms with Crippen molar-refractivity contribution in [1.82, 2.24) is 34.7 Å². The largest absolute Gasteiger partial charge is 0.359 e. The van der Waals surface area contributed by atoms with Gasteiger partial charge in [-0.3, -0.25) is 14.7 Å². The molecule has 37 heavy (non-hydrogen) atoms. The van der Waals surface area contributed by atoms with Gasteiger partial charge in [0.1, 0.15) is 5.69 Å². The normalized spacial score (nSPS) is 11.0. The number of para-hydroxylation sites is 1. The van der Waals surface area contributed by atoms with Gasteiger partial charge in [0.05, 0.1) is 22.9 Å². The van der Waals surface area contributed by atoms with Gasteiger partial charge >= 0.3 is 0 Å². The van der Waals surface area contributed by atoms with Crippen LogP contribution >= 0.6 is 0 Å². The number of non-ortho nitro benzene ring substituents is 1. The van der Waals surface area contributed by atoms with Crippen LogP contribution in [0.5, 0.6) is 0 Å². The predicted molar refractivity (Wildman–Crippen MR) is 138 cm³/mol. The van der Waals surface area contributed by atoms with E-state index in [4.69, 9.17) is 4.98 Å². The first-order chi connectivity index (χ1) is 18.2. The first kappa shape index (κ1) is 22.1. The SMILES string of the molecule is O=[N+]([O-])c1ccc(Cn2nnc(-c3nc(-c4ccc[nH]4)n(-c4ccccc4)c3-c3ccccc3)n2)cc1. The van der Waals surface area contributed by atoms with Crippen LogP contribution in [0, 0.1) is 10.1 Å². The Kier molecular flexibility index (Phi) is 5.58. The number of nitrogens with zero attached hydrogens (tertiary/aromatic N) is 7. The fourth-order valence-electron chi connectivity index (χ4n) is 4.21. The summed E-state index contributed by atoms with van der Waals surface area (Å²) >= 11 is 0. The average Bonchev–Trinajstić information content (AvgIpc) is 3.70. The Labute approximate surface area is 211 Å². The molecule has 0 saturated carbocycles. The van der Waals surface area contributed by atoms with Crippen molar-refractivity contribution in [2.75, 3.05) is 0 Å². The Bertz CT molecular complexity index is 1660. The van der Waals surface area contributed by atoms with E-state index in [1.165, 1.54) is 16.9 Å². The number of imidazole rings is 1. The number of aromatic nitrogens is 7. The molecule has 1 N–H and O–H groups in total. The number of tetrazole rings is 1. The van der Waals surface area contributed by atoms with Crippen LogP contribution in [0.4, 0.5) is 5.69 Å². The van der Waals surface area contributed by atoms with E-state index in [1.54, 1.807) is 12.1 Å². The van der Waals surface area contributed by atoms with Crippen molar-refractivity contribution < 1.29 is 4.92 Å². The smallest absolute Gasteiger partial charge is 0.269 e. The van der Waals surface area contributed by atoms with Crippen molar-refractivity contribution in [2.45, 2.75) is 6.54 Å². The van der Waals surface area contributed by atoms with E-state index in [2.05, 4.69) is 25.0 Å². The molecule has 6 aromatic rings. The molecule has 0 unspecified atom stereocenters. The van der Waals surface area contributed by atoms with Gasteiger partial charge in [0.15, 0.2) is 5.82 Å². The number of benzene rings is 3. The molecule has 3 heterocycles. The Morgan fingerprint density at radius 2 is 1.59 bits per heavy atom.